The Kier molecular flexibility index (Phi) is 6.31. The van der Waals surface area contributed by atoms with Crippen LogP contribution in [0.4, 0.5) is 10.1 Å². The zero-order chi connectivity index (χ0) is 18.4. The van der Waals surface area contributed by atoms with Gasteiger partial charge in [-0.1, -0.05) is 35.9 Å². The number of hydrogen-bond acceptors (Lipinski definition) is 3. The van der Waals surface area contributed by atoms with Crippen molar-refractivity contribution in [2.24, 2.45) is 0 Å². The zero-order valence-corrected chi connectivity index (χ0v) is 14.5. The first-order valence-electron chi connectivity index (χ1n) is 7.55. The lowest BCUT2D eigenvalue weighted by Gasteiger charge is -2.21. The van der Waals surface area contributed by atoms with Crippen molar-refractivity contribution in [2.45, 2.75) is 13.0 Å². The van der Waals surface area contributed by atoms with E-state index in [9.17, 15) is 14.0 Å². The van der Waals surface area contributed by atoms with Crippen LogP contribution in [0.3, 0.4) is 0 Å². The first kappa shape index (κ1) is 18.7. The predicted octanol–water partition coefficient (Wildman–Crippen LogP) is 4.09. The summed E-state index contributed by atoms with van der Waals surface area (Å²) in [5.74, 6) is -1.56. The van der Waals surface area contributed by atoms with Crippen LogP contribution in [0.1, 0.15) is 12.5 Å². The van der Waals surface area contributed by atoms with Crippen molar-refractivity contribution in [3.63, 3.8) is 0 Å². The van der Waals surface area contributed by atoms with E-state index in [1.807, 2.05) is 18.2 Å². The monoisotopic (exact) mass is 361 g/mol. The Morgan fingerprint density at radius 3 is 2.52 bits per heavy atom. The van der Waals surface area contributed by atoms with Gasteiger partial charge in [-0.3, -0.25) is 4.79 Å². The van der Waals surface area contributed by atoms with Crippen LogP contribution in [0.25, 0.3) is 6.08 Å². The van der Waals surface area contributed by atoms with Crippen molar-refractivity contribution in [2.75, 3.05) is 11.9 Å². The van der Waals surface area contributed by atoms with Gasteiger partial charge < -0.3 is 9.64 Å². The molecule has 2 rings (SSSR count). The average Bonchev–Trinajstić information content (AvgIpc) is 2.62. The molecule has 0 aliphatic carbocycles. The average molecular weight is 362 g/mol. The lowest BCUT2D eigenvalue weighted by molar-refractivity contribution is -0.148. The molecule has 0 radical (unpaired) electrons. The Balaban J connectivity index is 1.96. The van der Waals surface area contributed by atoms with Gasteiger partial charge in [0.15, 0.2) is 6.10 Å². The SMILES string of the molecule is C[C@H](OC(=O)/C=C/c1ccc(F)c(Cl)c1)C(=O)N(C)c1ccccc1. The number of carbonyl (C=O) groups excluding carboxylic acids is 2. The van der Waals surface area contributed by atoms with Gasteiger partial charge >= 0.3 is 5.97 Å². The number of likely N-dealkylation sites (N-methyl/N-ethyl adjacent to an activating group) is 1. The van der Waals surface area contributed by atoms with Gasteiger partial charge in [0.05, 0.1) is 5.02 Å². The van der Waals surface area contributed by atoms with E-state index in [0.29, 0.717) is 11.3 Å². The Morgan fingerprint density at radius 2 is 1.88 bits per heavy atom. The van der Waals surface area contributed by atoms with Crippen LogP contribution < -0.4 is 4.90 Å². The van der Waals surface area contributed by atoms with E-state index in [0.717, 1.165) is 6.08 Å². The van der Waals surface area contributed by atoms with Crippen molar-refractivity contribution in [3.8, 4) is 0 Å². The van der Waals surface area contributed by atoms with Gasteiger partial charge in [-0.05, 0) is 42.8 Å². The number of benzene rings is 2. The standard InChI is InChI=1S/C19H17ClFNO3/c1-13(19(24)22(2)15-6-4-3-5-7-15)25-18(23)11-9-14-8-10-17(21)16(20)12-14/h3-13H,1-2H3/b11-9+/t13-/m0/s1. The quantitative estimate of drug-likeness (QED) is 0.595. The van der Waals surface area contributed by atoms with E-state index >= 15 is 0 Å². The second-order valence-electron chi connectivity index (χ2n) is 5.32. The molecule has 0 bridgehead atoms. The third-order valence-corrected chi connectivity index (χ3v) is 3.76. The van der Waals surface area contributed by atoms with E-state index in [-0.39, 0.29) is 10.9 Å². The van der Waals surface area contributed by atoms with E-state index < -0.39 is 17.9 Å². The Morgan fingerprint density at radius 1 is 1.20 bits per heavy atom. The lowest BCUT2D eigenvalue weighted by Crippen LogP contribution is -2.37. The second kappa shape index (κ2) is 8.44. The molecule has 6 heteroatoms. The molecule has 0 fully saturated rings. The highest BCUT2D eigenvalue weighted by Gasteiger charge is 2.21. The summed E-state index contributed by atoms with van der Waals surface area (Å²) in [6.45, 7) is 1.50. The van der Waals surface area contributed by atoms with Crippen LogP contribution in [-0.2, 0) is 14.3 Å². The molecule has 2 aromatic rings. The van der Waals surface area contributed by atoms with Gasteiger partial charge in [0, 0.05) is 18.8 Å². The highest BCUT2D eigenvalue weighted by atomic mass is 35.5. The number of hydrogen-bond donors (Lipinski definition) is 0. The van der Waals surface area contributed by atoms with Crippen LogP contribution in [0.2, 0.25) is 5.02 Å². The Bertz CT molecular complexity index is 793. The third kappa shape index (κ3) is 5.16. The normalized spacial score (nSPS) is 12.0. The molecule has 130 valence electrons. The van der Waals surface area contributed by atoms with Crippen LogP contribution in [0.5, 0.6) is 0 Å². The molecule has 0 saturated heterocycles. The number of rotatable bonds is 5. The maximum Gasteiger partial charge on any atom is 0.331 e. The van der Waals surface area contributed by atoms with E-state index in [1.165, 1.54) is 36.1 Å². The maximum atomic E-state index is 13.1. The van der Waals surface area contributed by atoms with Gasteiger partial charge in [-0.15, -0.1) is 0 Å². The van der Waals surface area contributed by atoms with Crippen molar-refractivity contribution in [3.05, 3.63) is 71.0 Å². The molecule has 2 aromatic carbocycles. The minimum absolute atomic E-state index is 0.0384. The number of para-hydroxylation sites is 1. The van der Waals surface area contributed by atoms with Crippen LogP contribution >= 0.6 is 11.6 Å². The molecule has 1 amide bonds. The molecular weight excluding hydrogens is 345 g/mol. The molecule has 0 unspecified atom stereocenters. The van der Waals surface area contributed by atoms with Gasteiger partial charge in [-0.2, -0.15) is 0 Å². The van der Waals surface area contributed by atoms with Crippen LogP contribution in [0, 0.1) is 5.82 Å². The summed E-state index contributed by atoms with van der Waals surface area (Å²) < 4.78 is 18.2. The lowest BCUT2D eigenvalue weighted by atomic mass is 10.2. The molecule has 25 heavy (non-hydrogen) atoms. The minimum Gasteiger partial charge on any atom is -0.449 e. The first-order chi connectivity index (χ1) is 11.9. The van der Waals surface area contributed by atoms with Gasteiger partial charge in [-0.25, -0.2) is 9.18 Å². The number of halogens is 2. The van der Waals surface area contributed by atoms with Crippen molar-refractivity contribution >= 4 is 35.2 Å². The highest BCUT2D eigenvalue weighted by molar-refractivity contribution is 6.30. The number of amides is 1. The smallest absolute Gasteiger partial charge is 0.331 e. The topological polar surface area (TPSA) is 46.6 Å². The molecule has 1 atom stereocenters. The number of ether oxygens (including phenoxy) is 1. The summed E-state index contributed by atoms with van der Waals surface area (Å²) in [5.41, 5.74) is 1.25. The zero-order valence-electron chi connectivity index (χ0n) is 13.8. The molecule has 0 aromatic heterocycles. The fraction of sp³-hybridized carbons (Fsp3) is 0.158. The summed E-state index contributed by atoms with van der Waals surface area (Å²) in [5, 5.41) is -0.0384. The summed E-state index contributed by atoms with van der Waals surface area (Å²) >= 11 is 5.67. The van der Waals surface area contributed by atoms with Gasteiger partial charge in [0.2, 0.25) is 0 Å². The minimum atomic E-state index is -0.945. The molecule has 0 heterocycles. The fourth-order valence-corrected chi connectivity index (χ4v) is 2.28. The number of nitrogens with zero attached hydrogens (tertiary/aromatic N) is 1. The molecule has 0 aliphatic rings. The first-order valence-corrected chi connectivity index (χ1v) is 7.92. The molecular formula is C19H17ClFNO3. The Hall–Kier alpha value is -2.66. The molecule has 0 N–H and O–H groups in total. The largest absolute Gasteiger partial charge is 0.449 e. The predicted molar refractivity (Wildman–Crippen MR) is 95.9 cm³/mol. The maximum absolute atomic E-state index is 13.1. The van der Waals surface area contributed by atoms with Crippen molar-refractivity contribution < 1.29 is 18.7 Å². The molecule has 0 aliphatic heterocycles. The Labute approximate surface area is 150 Å². The van der Waals surface area contributed by atoms with Crippen molar-refractivity contribution in [1.29, 1.82) is 0 Å². The summed E-state index contributed by atoms with van der Waals surface area (Å²) in [4.78, 5) is 25.6. The van der Waals surface area contributed by atoms with Gasteiger partial charge in [0.1, 0.15) is 5.82 Å². The molecule has 4 nitrogen and oxygen atoms in total. The van der Waals surface area contributed by atoms with Gasteiger partial charge in [0.25, 0.3) is 5.91 Å². The molecule has 0 spiro atoms. The number of anilines is 1. The third-order valence-electron chi connectivity index (χ3n) is 3.47. The number of esters is 1. The number of carbonyl (C=O) groups is 2. The summed E-state index contributed by atoms with van der Waals surface area (Å²) in [7, 11) is 1.61. The fourth-order valence-electron chi connectivity index (χ4n) is 2.10. The summed E-state index contributed by atoms with van der Waals surface area (Å²) in [6.07, 6.45) is 1.65. The highest BCUT2D eigenvalue weighted by Crippen LogP contribution is 2.17. The van der Waals surface area contributed by atoms with E-state index in [1.54, 1.807) is 19.2 Å². The molecule has 0 saturated carbocycles. The van der Waals surface area contributed by atoms with E-state index in [4.69, 9.17) is 16.3 Å². The van der Waals surface area contributed by atoms with Crippen LogP contribution in [-0.4, -0.2) is 25.0 Å². The van der Waals surface area contributed by atoms with Crippen molar-refractivity contribution in [1.82, 2.24) is 0 Å². The van der Waals surface area contributed by atoms with E-state index in [2.05, 4.69) is 0 Å². The summed E-state index contributed by atoms with van der Waals surface area (Å²) in [6, 6.07) is 13.1. The second-order valence-corrected chi connectivity index (χ2v) is 5.73. The van der Waals surface area contributed by atoms with Crippen LogP contribution in [0.15, 0.2) is 54.6 Å².